The zero-order valence-electron chi connectivity index (χ0n) is 11.9. The lowest BCUT2D eigenvalue weighted by molar-refractivity contribution is -0.139. The summed E-state index contributed by atoms with van der Waals surface area (Å²) in [7, 11) is 0. The van der Waals surface area contributed by atoms with Crippen molar-refractivity contribution in [3.8, 4) is 0 Å². The van der Waals surface area contributed by atoms with Crippen molar-refractivity contribution in [3.63, 3.8) is 0 Å². The fraction of sp³-hybridized carbons (Fsp3) is 0.429. The second-order valence-corrected chi connectivity index (χ2v) is 6.46. The van der Waals surface area contributed by atoms with Crippen molar-refractivity contribution in [1.82, 2.24) is 10.6 Å². The first kappa shape index (κ1) is 17.8. The largest absolute Gasteiger partial charge is 0.480 e. The number of amides is 2. The van der Waals surface area contributed by atoms with E-state index in [4.69, 9.17) is 5.11 Å². The lowest BCUT2D eigenvalue weighted by atomic mass is 10.1. The van der Waals surface area contributed by atoms with Gasteiger partial charge in [-0.25, -0.2) is 9.59 Å². The number of carboxylic acid groups (broad SMARTS) is 1. The van der Waals surface area contributed by atoms with Gasteiger partial charge >= 0.3 is 12.0 Å². The number of nitrogens with one attached hydrogen (secondary N) is 2. The highest BCUT2D eigenvalue weighted by molar-refractivity contribution is 9.10. The molecule has 0 spiro atoms. The zero-order chi connectivity index (χ0) is 15.8. The molecule has 2 amide bonds. The van der Waals surface area contributed by atoms with Gasteiger partial charge in [-0.1, -0.05) is 28.1 Å². The third kappa shape index (κ3) is 6.39. The van der Waals surface area contributed by atoms with E-state index in [2.05, 4.69) is 26.6 Å². The Labute approximate surface area is 137 Å². The molecule has 3 N–H and O–H groups in total. The van der Waals surface area contributed by atoms with Crippen LogP contribution in [0.25, 0.3) is 0 Å². The van der Waals surface area contributed by atoms with Gasteiger partial charge in [0.25, 0.3) is 0 Å². The summed E-state index contributed by atoms with van der Waals surface area (Å²) in [5, 5.41) is 14.3. The van der Waals surface area contributed by atoms with Crippen LogP contribution in [0.15, 0.2) is 28.7 Å². The Morgan fingerprint density at radius 3 is 2.43 bits per heavy atom. The van der Waals surface area contributed by atoms with Crippen LogP contribution in [0.1, 0.15) is 24.9 Å². The molecule has 7 heteroatoms. The molecule has 1 unspecified atom stereocenters. The molecule has 0 saturated carbocycles. The molecule has 0 fully saturated rings. The molecule has 1 rings (SSSR count). The van der Waals surface area contributed by atoms with E-state index in [-0.39, 0.29) is 6.04 Å². The maximum absolute atomic E-state index is 11.9. The minimum absolute atomic E-state index is 0.201. The van der Waals surface area contributed by atoms with Crippen molar-refractivity contribution < 1.29 is 14.7 Å². The molecule has 21 heavy (non-hydrogen) atoms. The van der Waals surface area contributed by atoms with Crippen LogP contribution in [0.5, 0.6) is 0 Å². The molecule has 0 aliphatic heterocycles. The first-order valence-electron chi connectivity index (χ1n) is 6.48. The Bertz CT molecular complexity index is 482. The molecule has 0 aliphatic carbocycles. The maximum atomic E-state index is 11.9. The summed E-state index contributed by atoms with van der Waals surface area (Å²) in [4.78, 5) is 22.9. The van der Waals surface area contributed by atoms with Crippen molar-refractivity contribution in [2.24, 2.45) is 0 Å². The van der Waals surface area contributed by atoms with Gasteiger partial charge in [-0.2, -0.15) is 11.8 Å². The summed E-state index contributed by atoms with van der Waals surface area (Å²) >= 11 is 4.90. The molecule has 1 aromatic rings. The van der Waals surface area contributed by atoms with E-state index >= 15 is 0 Å². The predicted octanol–water partition coefficient (Wildman–Crippen LogP) is 3.02. The number of carbonyl (C=O) groups excluding carboxylic acids is 1. The molecular weight excluding hydrogens is 356 g/mol. The molecule has 1 aromatic carbocycles. The summed E-state index contributed by atoms with van der Waals surface area (Å²) < 4.78 is 0.964. The smallest absolute Gasteiger partial charge is 0.326 e. The van der Waals surface area contributed by atoms with Gasteiger partial charge in [0.05, 0.1) is 6.04 Å². The van der Waals surface area contributed by atoms with E-state index in [1.165, 1.54) is 0 Å². The third-order valence-corrected chi connectivity index (χ3v) is 4.10. The number of rotatable bonds is 7. The number of aliphatic carboxylic acids is 1. The van der Waals surface area contributed by atoms with Gasteiger partial charge in [-0.05, 0) is 43.0 Å². The van der Waals surface area contributed by atoms with Crippen LogP contribution in [0, 0.1) is 0 Å². The summed E-state index contributed by atoms with van der Waals surface area (Å²) in [5.41, 5.74) is 0.948. The van der Waals surface area contributed by atoms with Crippen LogP contribution in [0.2, 0.25) is 0 Å². The first-order chi connectivity index (χ1) is 9.93. The van der Waals surface area contributed by atoms with Gasteiger partial charge in [-0.3, -0.25) is 0 Å². The highest BCUT2D eigenvalue weighted by atomic mass is 79.9. The molecule has 116 valence electrons. The Balaban J connectivity index is 2.54. The highest BCUT2D eigenvalue weighted by Gasteiger charge is 2.20. The summed E-state index contributed by atoms with van der Waals surface area (Å²) in [6.45, 7) is 1.85. The van der Waals surface area contributed by atoms with Gasteiger partial charge in [0.15, 0.2) is 0 Å². The zero-order valence-corrected chi connectivity index (χ0v) is 14.3. The van der Waals surface area contributed by atoms with Crippen LogP contribution >= 0.6 is 27.7 Å². The summed E-state index contributed by atoms with van der Waals surface area (Å²) in [6, 6.07) is 6.05. The van der Waals surface area contributed by atoms with Crippen LogP contribution in [0.3, 0.4) is 0 Å². The van der Waals surface area contributed by atoms with Gasteiger partial charge < -0.3 is 15.7 Å². The Kier molecular flexibility index (Phi) is 7.60. The minimum atomic E-state index is -1.02. The van der Waals surface area contributed by atoms with E-state index in [0.717, 1.165) is 10.0 Å². The van der Waals surface area contributed by atoms with E-state index in [1.54, 1.807) is 11.8 Å². The number of carboxylic acids is 1. The monoisotopic (exact) mass is 374 g/mol. The van der Waals surface area contributed by atoms with Gasteiger partial charge in [0, 0.05) is 4.47 Å². The third-order valence-electron chi connectivity index (χ3n) is 2.93. The molecule has 0 saturated heterocycles. The number of carbonyl (C=O) groups is 2. The van der Waals surface area contributed by atoms with Gasteiger partial charge in [0.1, 0.15) is 6.04 Å². The molecule has 0 aromatic heterocycles. The number of halogens is 1. The minimum Gasteiger partial charge on any atom is -0.480 e. The van der Waals surface area contributed by atoms with E-state index < -0.39 is 18.0 Å². The molecule has 0 heterocycles. The summed E-state index contributed by atoms with van der Waals surface area (Å²) in [6.07, 6.45) is 2.30. The van der Waals surface area contributed by atoms with Crippen LogP contribution in [0.4, 0.5) is 4.79 Å². The normalized spacial score (nSPS) is 13.3. The first-order valence-corrected chi connectivity index (χ1v) is 8.67. The number of hydrogen-bond acceptors (Lipinski definition) is 3. The Morgan fingerprint density at radius 2 is 1.90 bits per heavy atom. The van der Waals surface area contributed by atoms with Crippen LogP contribution < -0.4 is 10.6 Å². The van der Waals surface area contributed by atoms with E-state index in [1.807, 2.05) is 37.4 Å². The van der Waals surface area contributed by atoms with Gasteiger partial charge in [-0.15, -0.1) is 0 Å². The molecular formula is C14H19BrN2O3S. The molecule has 5 nitrogen and oxygen atoms in total. The van der Waals surface area contributed by atoms with Crippen LogP contribution in [-0.4, -0.2) is 35.2 Å². The number of thioether (sulfide) groups is 1. The van der Waals surface area contributed by atoms with Crippen molar-refractivity contribution in [1.29, 1.82) is 0 Å². The lowest BCUT2D eigenvalue weighted by Crippen LogP contribution is -2.46. The van der Waals surface area contributed by atoms with Crippen molar-refractivity contribution in [2.75, 3.05) is 12.0 Å². The SMILES string of the molecule is CSCC[C@H](NC(=O)NC(C)c1ccc(Br)cc1)C(=O)O. The lowest BCUT2D eigenvalue weighted by Gasteiger charge is -2.18. The highest BCUT2D eigenvalue weighted by Crippen LogP contribution is 2.16. The maximum Gasteiger partial charge on any atom is 0.326 e. The molecule has 0 aliphatic rings. The van der Waals surface area contributed by atoms with E-state index in [0.29, 0.717) is 12.2 Å². The number of urea groups is 1. The summed E-state index contributed by atoms with van der Waals surface area (Å²) in [5.74, 6) is -0.338. The van der Waals surface area contributed by atoms with Crippen molar-refractivity contribution >= 4 is 39.7 Å². The van der Waals surface area contributed by atoms with Crippen LogP contribution in [-0.2, 0) is 4.79 Å². The molecule has 0 radical (unpaired) electrons. The van der Waals surface area contributed by atoms with E-state index in [9.17, 15) is 9.59 Å². The second-order valence-electron chi connectivity index (χ2n) is 4.56. The standard InChI is InChI=1S/C14H19BrN2O3S/c1-9(10-3-5-11(15)6-4-10)16-14(20)17-12(13(18)19)7-8-21-2/h3-6,9,12H,7-8H2,1-2H3,(H,18,19)(H2,16,17,20)/t9?,12-/m0/s1. The fourth-order valence-corrected chi connectivity index (χ4v) is 2.46. The molecule has 0 bridgehead atoms. The molecule has 2 atom stereocenters. The van der Waals surface area contributed by atoms with Gasteiger partial charge in [0.2, 0.25) is 0 Å². The van der Waals surface area contributed by atoms with Crippen molar-refractivity contribution in [2.45, 2.75) is 25.4 Å². The topological polar surface area (TPSA) is 78.4 Å². The fourth-order valence-electron chi connectivity index (χ4n) is 1.72. The average molecular weight is 375 g/mol. The Morgan fingerprint density at radius 1 is 1.29 bits per heavy atom. The Hall–Kier alpha value is -1.21. The average Bonchev–Trinajstić information content (AvgIpc) is 2.43. The van der Waals surface area contributed by atoms with Crippen molar-refractivity contribution in [3.05, 3.63) is 34.3 Å². The number of hydrogen-bond donors (Lipinski definition) is 3. The predicted molar refractivity (Wildman–Crippen MR) is 88.6 cm³/mol. The quantitative estimate of drug-likeness (QED) is 0.685. The number of benzene rings is 1. The second kappa shape index (κ2) is 8.94.